The van der Waals surface area contributed by atoms with Gasteiger partial charge in [0.1, 0.15) is 17.0 Å². The molecule has 98 valence electrons. The number of halogens is 1. The zero-order chi connectivity index (χ0) is 13.8. The minimum atomic E-state index is -0.612. The van der Waals surface area contributed by atoms with Gasteiger partial charge in [0.2, 0.25) is 0 Å². The molecule has 0 fully saturated rings. The second kappa shape index (κ2) is 5.49. The van der Waals surface area contributed by atoms with Crippen LogP contribution in [0.4, 0.5) is 5.69 Å². The van der Waals surface area contributed by atoms with Gasteiger partial charge in [0.25, 0.3) is 11.6 Å². The van der Waals surface area contributed by atoms with Crippen LogP contribution in [0.15, 0.2) is 35.1 Å². The first-order chi connectivity index (χ1) is 9.08. The van der Waals surface area contributed by atoms with Gasteiger partial charge in [-0.1, -0.05) is 16.8 Å². The highest BCUT2D eigenvalue weighted by Gasteiger charge is 2.15. The van der Waals surface area contributed by atoms with Gasteiger partial charge in [0, 0.05) is 17.7 Å². The molecule has 1 heterocycles. The molecule has 0 radical (unpaired) electrons. The van der Waals surface area contributed by atoms with Gasteiger partial charge in [-0.15, -0.1) is 0 Å². The van der Waals surface area contributed by atoms with Crippen molar-refractivity contribution in [3.63, 3.8) is 0 Å². The van der Waals surface area contributed by atoms with E-state index in [1.54, 1.807) is 6.07 Å². The molecule has 2 rings (SSSR count). The molecule has 1 aromatic heterocycles. The van der Waals surface area contributed by atoms with Gasteiger partial charge in [-0.25, -0.2) is 0 Å². The number of carbonyl (C=O) groups is 1. The fourth-order valence-corrected chi connectivity index (χ4v) is 1.65. The van der Waals surface area contributed by atoms with Crippen LogP contribution in [-0.2, 0) is 6.54 Å². The Labute approximate surface area is 112 Å². The number of amides is 1. The van der Waals surface area contributed by atoms with E-state index in [2.05, 4.69) is 15.0 Å². The zero-order valence-corrected chi connectivity index (χ0v) is 10.3. The van der Waals surface area contributed by atoms with E-state index in [-0.39, 0.29) is 22.8 Å². The van der Waals surface area contributed by atoms with E-state index >= 15 is 0 Å². The van der Waals surface area contributed by atoms with Crippen molar-refractivity contribution in [2.75, 3.05) is 0 Å². The summed E-state index contributed by atoms with van der Waals surface area (Å²) in [5, 5.41) is 16.7. The van der Waals surface area contributed by atoms with E-state index in [0.29, 0.717) is 5.69 Å². The third kappa shape index (κ3) is 3.08. The van der Waals surface area contributed by atoms with Gasteiger partial charge < -0.3 is 9.84 Å². The summed E-state index contributed by atoms with van der Waals surface area (Å²) >= 11 is 5.72. The number of nitrogens with one attached hydrogen (secondary N) is 1. The molecule has 0 unspecified atom stereocenters. The van der Waals surface area contributed by atoms with Crippen LogP contribution in [0.1, 0.15) is 16.1 Å². The highest BCUT2D eigenvalue weighted by molar-refractivity contribution is 6.33. The van der Waals surface area contributed by atoms with Crippen molar-refractivity contribution >= 4 is 23.2 Å². The van der Waals surface area contributed by atoms with Crippen LogP contribution in [-0.4, -0.2) is 16.0 Å². The smallest absolute Gasteiger partial charge is 0.287 e. The molecule has 1 amide bonds. The molecule has 1 aromatic carbocycles. The second-order valence-electron chi connectivity index (χ2n) is 3.60. The third-order valence-corrected chi connectivity index (χ3v) is 2.63. The summed E-state index contributed by atoms with van der Waals surface area (Å²) in [7, 11) is 0. The Hall–Kier alpha value is -2.41. The third-order valence-electron chi connectivity index (χ3n) is 2.33. The minimum Gasteiger partial charge on any atom is -0.364 e. The first-order valence-electron chi connectivity index (χ1n) is 5.19. The van der Waals surface area contributed by atoms with Crippen molar-refractivity contribution in [1.29, 1.82) is 0 Å². The number of carbonyl (C=O) groups excluding carboxylic acids is 1. The topological polar surface area (TPSA) is 98.3 Å². The summed E-state index contributed by atoms with van der Waals surface area (Å²) in [6, 6.07) is 5.39. The van der Waals surface area contributed by atoms with E-state index in [4.69, 9.17) is 11.6 Å². The van der Waals surface area contributed by atoms with Crippen LogP contribution in [0.3, 0.4) is 0 Å². The predicted molar refractivity (Wildman–Crippen MR) is 65.8 cm³/mol. The lowest BCUT2D eigenvalue weighted by Crippen LogP contribution is -2.22. The number of nitro groups is 1. The molecule has 19 heavy (non-hydrogen) atoms. The van der Waals surface area contributed by atoms with Gasteiger partial charge in [-0.2, -0.15) is 0 Å². The quantitative estimate of drug-likeness (QED) is 0.684. The average molecular weight is 282 g/mol. The monoisotopic (exact) mass is 281 g/mol. The van der Waals surface area contributed by atoms with Crippen LogP contribution >= 0.6 is 11.6 Å². The van der Waals surface area contributed by atoms with E-state index in [1.807, 2.05) is 0 Å². The first-order valence-corrected chi connectivity index (χ1v) is 5.57. The summed E-state index contributed by atoms with van der Waals surface area (Å²) in [6.45, 7) is 0.198. The summed E-state index contributed by atoms with van der Waals surface area (Å²) in [6.07, 6.45) is 1.39. The summed E-state index contributed by atoms with van der Waals surface area (Å²) < 4.78 is 4.62. The molecule has 2 aromatic rings. The molecule has 0 atom stereocenters. The van der Waals surface area contributed by atoms with Crippen LogP contribution in [0.2, 0.25) is 5.02 Å². The Balaban J connectivity index is 2.07. The zero-order valence-electron chi connectivity index (χ0n) is 9.50. The Morgan fingerprint density at radius 1 is 1.47 bits per heavy atom. The maximum Gasteiger partial charge on any atom is 0.287 e. The number of hydrogen-bond donors (Lipinski definition) is 1. The lowest BCUT2D eigenvalue weighted by molar-refractivity contribution is -0.384. The van der Waals surface area contributed by atoms with E-state index < -0.39 is 10.8 Å². The molecule has 0 aliphatic rings. The van der Waals surface area contributed by atoms with Gasteiger partial charge in [-0.3, -0.25) is 14.9 Å². The Kier molecular flexibility index (Phi) is 3.76. The maximum atomic E-state index is 11.8. The number of nitro benzene ring substituents is 1. The normalized spacial score (nSPS) is 10.2. The van der Waals surface area contributed by atoms with Crippen LogP contribution < -0.4 is 5.32 Å². The molecule has 0 bridgehead atoms. The summed E-state index contributed by atoms with van der Waals surface area (Å²) in [5.74, 6) is -0.403. The van der Waals surface area contributed by atoms with Crippen molar-refractivity contribution in [2.45, 2.75) is 6.54 Å². The number of aromatic nitrogens is 1. The van der Waals surface area contributed by atoms with E-state index in [0.717, 1.165) is 0 Å². The Bertz CT molecular complexity index is 612. The SMILES string of the molecule is O=C(NCc1ccon1)c1ccc([N+](=O)[O-])c(Cl)c1. The molecule has 7 nitrogen and oxygen atoms in total. The van der Waals surface area contributed by atoms with E-state index in [1.165, 1.54) is 24.5 Å². The van der Waals surface area contributed by atoms with Gasteiger partial charge in [0.15, 0.2) is 0 Å². The Morgan fingerprint density at radius 3 is 2.84 bits per heavy atom. The molecular formula is C11H8ClN3O4. The predicted octanol–water partition coefficient (Wildman–Crippen LogP) is 2.17. The van der Waals surface area contributed by atoms with Crippen LogP contribution in [0.25, 0.3) is 0 Å². The van der Waals surface area contributed by atoms with Crippen LogP contribution in [0, 0.1) is 10.1 Å². The summed E-state index contributed by atoms with van der Waals surface area (Å²) in [5.41, 5.74) is 0.565. The van der Waals surface area contributed by atoms with E-state index in [9.17, 15) is 14.9 Å². The highest BCUT2D eigenvalue weighted by Crippen LogP contribution is 2.24. The highest BCUT2D eigenvalue weighted by atomic mass is 35.5. The van der Waals surface area contributed by atoms with Gasteiger partial charge in [-0.05, 0) is 12.1 Å². The second-order valence-corrected chi connectivity index (χ2v) is 4.00. The standard InChI is InChI=1S/C11H8ClN3O4/c12-9-5-7(1-2-10(9)15(17)18)11(16)13-6-8-3-4-19-14-8/h1-5H,6H2,(H,13,16). The van der Waals surface area contributed by atoms with Crippen molar-refractivity contribution in [3.05, 3.63) is 56.9 Å². The molecule has 0 aliphatic carbocycles. The molecule has 0 aliphatic heterocycles. The maximum absolute atomic E-state index is 11.8. The molecular weight excluding hydrogens is 274 g/mol. The van der Waals surface area contributed by atoms with Gasteiger partial charge in [0.05, 0.1) is 11.5 Å². The molecule has 8 heteroatoms. The molecule has 1 N–H and O–H groups in total. The molecule has 0 saturated heterocycles. The lowest BCUT2D eigenvalue weighted by atomic mass is 10.2. The number of hydrogen-bond acceptors (Lipinski definition) is 5. The molecule has 0 spiro atoms. The largest absolute Gasteiger partial charge is 0.364 e. The van der Waals surface area contributed by atoms with Crippen LogP contribution in [0.5, 0.6) is 0 Å². The number of nitrogens with zero attached hydrogens (tertiary/aromatic N) is 2. The minimum absolute atomic E-state index is 0.0842. The summed E-state index contributed by atoms with van der Waals surface area (Å²) in [4.78, 5) is 21.7. The Morgan fingerprint density at radius 2 is 2.26 bits per heavy atom. The first kappa shape index (κ1) is 13.0. The fourth-order valence-electron chi connectivity index (χ4n) is 1.40. The van der Waals surface area contributed by atoms with Crippen molar-refractivity contribution in [1.82, 2.24) is 10.5 Å². The van der Waals surface area contributed by atoms with Gasteiger partial charge >= 0.3 is 0 Å². The number of benzene rings is 1. The molecule has 0 saturated carbocycles. The van der Waals surface area contributed by atoms with Crippen molar-refractivity contribution in [3.8, 4) is 0 Å². The lowest BCUT2D eigenvalue weighted by Gasteiger charge is -2.03. The van der Waals surface area contributed by atoms with Crippen molar-refractivity contribution in [2.24, 2.45) is 0 Å². The average Bonchev–Trinajstić information content (AvgIpc) is 2.88. The van der Waals surface area contributed by atoms with Crippen molar-refractivity contribution < 1.29 is 14.2 Å². The number of rotatable bonds is 4. The fraction of sp³-hybridized carbons (Fsp3) is 0.0909.